The Morgan fingerprint density at radius 1 is 1.23 bits per heavy atom. The van der Waals surface area contributed by atoms with Gasteiger partial charge in [-0.05, 0) is 42.3 Å². The SMILES string of the molecule is Cc1csc(CNC(=O)C[C@@H](c2cccc(O)c2)c2cccc(Cl)c2)n1. The van der Waals surface area contributed by atoms with Gasteiger partial charge in [0.15, 0.2) is 0 Å². The number of aromatic hydroxyl groups is 1. The maximum absolute atomic E-state index is 12.5. The van der Waals surface area contributed by atoms with Crippen LogP contribution in [0.1, 0.15) is 34.2 Å². The number of aromatic nitrogens is 1. The molecule has 3 rings (SSSR count). The number of hydrogen-bond acceptors (Lipinski definition) is 4. The first-order valence-corrected chi connectivity index (χ1v) is 9.49. The van der Waals surface area contributed by atoms with Gasteiger partial charge < -0.3 is 10.4 Å². The third-order valence-electron chi connectivity index (χ3n) is 4.02. The number of amides is 1. The first kappa shape index (κ1) is 18.4. The molecule has 2 N–H and O–H groups in total. The summed E-state index contributed by atoms with van der Waals surface area (Å²) in [6.07, 6.45) is 0.258. The molecule has 0 bridgehead atoms. The number of rotatable bonds is 6. The number of thiazole rings is 1. The van der Waals surface area contributed by atoms with Gasteiger partial charge in [0.1, 0.15) is 10.8 Å². The minimum absolute atomic E-state index is 0.0776. The van der Waals surface area contributed by atoms with Crippen LogP contribution in [0.5, 0.6) is 5.75 Å². The minimum Gasteiger partial charge on any atom is -0.508 e. The molecule has 0 fully saturated rings. The van der Waals surface area contributed by atoms with Gasteiger partial charge in [0, 0.05) is 28.4 Å². The van der Waals surface area contributed by atoms with Crippen LogP contribution in [-0.4, -0.2) is 16.0 Å². The van der Waals surface area contributed by atoms with Gasteiger partial charge in [0.25, 0.3) is 0 Å². The fourth-order valence-corrected chi connectivity index (χ4v) is 3.72. The summed E-state index contributed by atoms with van der Waals surface area (Å²) in [6.45, 7) is 2.35. The monoisotopic (exact) mass is 386 g/mol. The predicted molar refractivity (Wildman–Crippen MR) is 105 cm³/mol. The maximum atomic E-state index is 12.5. The number of halogens is 1. The Morgan fingerprint density at radius 3 is 2.62 bits per heavy atom. The molecule has 1 atom stereocenters. The van der Waals surface area contributed by atoms with E-state index in [9.17, 15) is 9.90 Å². The van der Waals surface area contributed by atoms with Crippen LogP contribution >= 0.6 is 22.9 Å². The molecule has 26 heavy (non-hydrogen) atoms. The number of phenols is 1. The third-order valence-corrected chi connectivity index (χ3v) is 5.22. The highest BCUT2D eigenvalue weighted by Crippen LogP contribution is 2.31. The zero-order valence-corrected chi connectivity index (χ0v) is 15.8. The summed E-state index contributed by atoms with van der Waals surface area (Å²) in [4.78, 5) is 16.9. The van der Waals surface area contributed by atoms with Crippen LogP contribution in [0.2, 0.25) is 5.02 Å². The Balaban J connectivity index is 1.78. The highest BCUT2D eigenvalue weighted by atomic mass is 35.5. The number of nitrogens with zero attached hydrogens (tertiary/aromatic N) is 1. The molecule has 1 heterocycles. The Morgan fingerprint density at radius 2 is 1.96 bits per heavy atom. The van der Waals surface area contributed by atoms with E-state index in [0.29, 0.717) is 11.6 Å². The molecule has 0 saturated heterocycles. The third kappa shape index (κ3) is 4.84. The molecule has 0 aliphatic carbocycles. The van der Waals surface area contributed by atoms with Crippen molar-refractivity contribution < 1.29 is 9.90 Å². The number of nitrogens with one attached hydrogen (secondary N) is 1. The Hall–Kier alpha value is -2.37. The lowest BCUT2D eigenvalue weighted by molar-refractivity contribution is -0.121. The van der Waals surface area contributed by atoms with Crippen LogP contribution in [0.15, 0.2) is 53.9 Å². The lowest BCUT2D eigenvalue weighted by Gasteiger charge is -2.18. The molecule has 0 unspecified atom stereocenters. The van der Waals surface area contributed by atoms with E-state index < -0.39 is 0 Å². The molecular formula is C20H19ClN2O2S. The van der Waals surface area contributed by atoms with Crippen molar-refractivity contribution in [2.75, 3.05) is 0 Å². The van der Waals surface area contributed by atoms with Gasteiger partial charge in [-0.1, -0.05) is 35.9 Å². The molecule has 0 spiro atoms. The van der Waals surface area contributed by atoms with Crippen LogP contribution < -0.4 is 5.32 Å². The fraction of sp³-hybridized carbons (Fsp3) is 0.200. The normalized spacial score (nSPS) is 11.9. The average Bonchev–Trinajstić information content (AvgIpc) is 3.03. The van der Waals surface area contributed by atoms with Crippen molar-refractivity contribution in [2.45, 2.75) is 25.8 Å². The Kier molecular flexibility index (Phi) is 5.91. The van der Waals surface area contributed by atoms with Crippen molar-refractivity contribution in [2.24, 2.45) is 0 Å². The van der Waals surface area contributed by atoms with E-state index in [1.54, 1.807) is 24.3 Å². The highest BCUT2D eigenvalue weighted by molar-refractivity contribution is 7.09. The predicted octanol–water partition coefficient (Wildman–Crippen LogP) is 4.65. The van der Waals surface area contributed by atoms with E-state index in [1.165, 1.54) is 11.3 Å². The molecule has 4 nitrogen and oxygen atoms in total. The van der Waals surface area contributed by atoms with Gasteiger partial charge in [0.05, 0.1) is 6.54 Å². The maximum Gasteiger partial charge on any atom is 0.221 e. The summed E-state index contributed by atoms with van der Waals surface area (Å²) in [5.74, 6) is -0.0989. The van der Waals surface area contributed by atoms with Crippen molar-refractivity contribution in [1.82, 2.24) is 10.3 Å². The van der Waals surface area contributed by atoms with Crippen molar-refractivity contribution >= 4 is 28.8 Å². The van der Waals surface area contributed by atoms with Crippen molar-refractivity contribution in [1.29, 1.82) is 0 Å². The standard InChI is InChI=1S/C20H19ClN2O2S/c1-13-12-26-20(23-13)11-22-19(25)10-18(14-4-2-6-16(21)8-14)15-5-3-7-17(24)9-15/h2-9,12,18,24H,10-11H2,1H3,(H,22,25)/t18-/m1/s1. The van der Waals surface area contributed by atoms with E-state index in [4.69, 9.17) is 11.6 Å². The molecule has 0 aliphatic rings. The molecule has 0 saturated carbocycles. The number of phenolic OH excluding ortho intramolecular Hbond substituents is 1. The molecular weight excluding hydrogens is 368 g/mol. The van der Waals surface area contributed by atoms with E-state index in [-0.39, 0.29) is 24.0 Å². The number of hydrogen-bond donors (Lipinski definition) is 2. The number of carbonyl (C=O) groups is 1. The smallest absolute Gasteiger partial charge is 0.221 e. The number of benzene rings is 2. The van der Waals surface area contributed by atoms with Crippen molar-refractivity contribution in [3.63, 3.8) is 0 Å². The average molecular weight is 387 g/mol. The summed E-state index contributed by atoms with van der Waals surface area (Å²) in [6, 6.07) is 14.4. The summed E-state index contributed by atoms with van der Waals surface area (Å²) in [5, 5.41) is 16.2. The second-order valence-corrected chi connectivity index (χ2v) is 7.45. The second-order valence-electron chi connectivity index (χ2n) is 6.07. The molecule has 134 valence electrons. The van der Waals surface area contributed by atoms with Crippen molar-refractivity contribution in [3.05, 3.63) is 80.8 Å². The van der Waals surface area contributed by atoms with Crippen molar-refractivity contribution in [3.8, 4) is 5.75 Å². The zero-order chi connectivity index (χ0) is 18.5. The molecule has 1 aromatic heterocycles. The van der Waals surface area contributed by atoms with Gasteiger partial charge in [0.2, 0.25) is 5.91 Å². The lowest BCUT2D eigenvalue weighted by Crippen LogP contribution is -2.25. The quantitative estimate of drug-likeness (QED) is 0.648. The number of aryl methyl sites for hydroxylation is 1. The number of carbonyl (C=O) groups excluding carboxylic acids is 1. The topological polar surface area (TPSA) is 62.2 Å². The van der Waals surface area contributed by atoms with Gasteiger partial charge in [-0.2, -0.15) is 0 Å². The summed E-state index contributed by atoms with van der Waals surface area (Å²) >= 11 is 7.66. The van der Waals surface area contributed by atoms with Crippen LogP contribution in [0.3, 0.4) is 0 Å². The van der Waals surface area contributed by atoms with Crippen LogP contribution in [0, 0.1) is 6.92 Å². The van der Waals surface area contributed by atoms with E-state index in [0.717, 1.165) is 21.8 Å². The molecule has 6 heteroatoms. The fourth-order valence-electron chi connectivity index (χ4n) is 2.81. The minimum atomic E-state index is -0.196. The van der Waals surface area contributed by atoms with E-state index in [1.807, 2.05) is 36.6 Å². The van der Waals surface area contributed by atoms with Crippen LogP contribution in [-0.2, 0) is 11.3 Å². The summed E-state index contributed by atoms with van der Waals surface area (Å²) < 4.78 is 0. The summed E-state index contributed by atoms with van der Waals surface area (Å²) in [5.41, 5.74) is 2.76. The largest absolute Gasteiger partial charge is 0.508 e. The summed E-state index contributed by atoms with van der Waals surface area (Å²) in [7, 11) is 0. The second kappa shape index (κ2) is 8.34. The lowest BCUT2D eigenvalue weighted by atomic mass is 9.88. The van der Waals surface area contributed by atoms with Gasteiger partial charge >= 0.3 is 0 Å². The Labute approximate surface area is 161 Å². The van der Waals surface area contributed by atoms with Crippen LogP contribution in [0.4, 0.5) is 0 Å². The van der Waals surface area contributed by atoms with Gasteiger partial charge in [-0.25, -0.2) is 4.98 Å². The molecule has 0 aliphatic heterocycles. The Bertz CT molecular complexity index is 865. The molecule has 0 radical (unpaired) electrons. The highest BCUT2D eigenvalue weighted by Gasteiger charge is 2.19. The first-order valence-electron chi connectivity index (χ1n) is 8.23. The molecule has 2 aromatic carbocycles. The van der Waals surface area contributed by atoms with E-state index in [2.05, 4.69) is 10.3 Å². The molecule has 1 amide bonds. The zero-order valence-electron chi connectivity index (χ0n) is 14.3. The van der Waals surface area contributed by atoms with Gasteiger partial charge in [-0.3, -0.25) is 4.79 Å². The van der Waals surface area contributed by atoms with E-state index >= 15 is 0 Å². The van der Waals surface area contributed by atoms with Gasteiger partial charge in [-0.15, -0.1) is 11.3 Å². The first-order chi connectivity index (χ1) is 12.5. The van der Waals surface area contributed by atoms with Crippen LogP contribution in [0.25, 0.3) is 0 Å². The molecule has 3 aromatic rings.